The number of aromatic nitrogens is 2. The van der Waals surface area contributed by atoms with E-state index in [1.165, 1.54) is 0 Å². The Bertz CT molecular complexity index is 841. The monoisotopic (exact) mass is 372 g/mol. The van der Waals surface area contributed by atoms with E-state index in [0.29, 0.717) is 6.54 Å². The number of carbonyl (C=O) groups is 1. The number of piperidine rings is 1. The fourth-order valence-electron chi connectivity index (χ4n) is 4.49. The molecule has 0 bridgehead atoms. The Balaban J connectivity index is 1.41. The SMILES string of the molecule is CO[C@H]1CCN(CC(=O)Nc2ccc3c(c2)nc(C)n3C)C[C@@]12CCCO2. The lowest BCUT2D eigenvalue weighted by Crippen LogP contribution is -2.58. The van der Waals surface area contributed by atoms with Crippen molar-refractivity contribution in [1.82, 2.24) is 14.5 Å². The molecular weight excluding hydrogens is 344 g/mol. The second kappa shape index (κ2) is 7.22. The zero-order chi connectivity index (χ0) is 19.0. The van der Waals surface area contributed by atoms with Crippen LogP contribution in [0, 0.1) is 6.92 Å². The van der Waals surface area contributed by atoms with Crippen molar-refractivity contribution in [3.05, 3.63) is 24.0 Å². The number of nitrogens with zero attached hydrogens (tertiary/aromatic N) is 3. The number of fused-ring (bicyclic) bond motifs is 1. The Morgan fingerprint density at radius 2 is 2.33 bits per heavy atom. The van der Waals surface area contributed by atoms with Crippen LogP contribution in [0.4, 0.5) is 5.69 Å². The van der Waals surface area contributed by atoms with E-state index in [-0.39, 0.29) is 17.6 Å². The molecule has 1 aromatic carbocycles. The Kier molecular flexibility index (Phi) is 4.92. The van der Waals surface area contributed by atoms with Crippen LogP contribution in [0.25, 0.3) is 11.0 Å². The maximum atomic E-state index is 12.6. The number of imidazole rings is 1. The molecule has 2 fully saturated rings. The van der Waals surface area contributed by atoms with E-state index in [1.54, 1.807) is 7.11 Å². The third-order valence-corrected chi connectivity index (χ3v) is 5.96. The highest BCUT2D eigenvalue weighted by Crippen LogP contribution is 2.36. The van der Waals surface area contributed by atoms with Gasteiger partial charge in [0.1, 0.15) is 11.4 Å². The number of hydrogen-bond acceptors (Lipinski definition) is 5. The van der Waals surface area contributed by atoms with Crippen LogP contribution in [0.15, 0.2) is 18.2 Å². The summed E-state index contributed by atoms with van der Waals surface area (Å²) in [6.07, 6.45) is 3.07. The highest BCUT2D eigenvalue weighted by Gasteiger charge is 2.47. The summed E-state index contributed by atoms with van der Waals surface area (Å²) in [5.41, 5.74) is 2.49. The van der Waals surface area contributed by atoms with Crippen LogP contribution in [0.3, 0.4) is 0 Å². The van der Waals surface area contributed by atoms with Crippen LogP contribution in [0.1, 0.15) is 25.1 Å². The Morgan fingerprint density at radius 3 is 3.07 bits per heavy atom. The molecule has 1 N–H and O–H groups in total. The first-order valence-electron chi connectivity index (χ1n) is 9.63. The second-order valence-corrected chi connectivity index (χ2v) is 7.71. The van der Waals surface area contributed by atoms with Crippen molar-refractivity contribution in [3.63, 3.8) is 0 Å². The summed E-state index contributed by atoms with van der Waals surface area (Å²) < 4.78 is 13.8. The molecule has 2 aliphatic rings. The molecule has 7 nitrogen and oxygen atoms in total. The second-order valence-electron chi connectivity index (χ2n) is 7.71. The Labute approximate surface area is 159 Å². The molecule has 1 aromatic heterocycles. The highest BCUT2D eigenvalue weighted by atomic mass is 16.5. The van der Waals surface area contributed by atoms with Gasteiger partial charge < -0.3 is 19.4 Å². The quantitative estimate of drug-likeness (QED) is 0.890. The smallest absolute Gasteiger partial charge is 0.238 e. The maximum Gasteiger partial charge on any atom is 0.238 e. The first-order valence-corrected chi connectivity index (χ1v) is 9.63. The summed E-state index contributed by atoms with van der Waals surface area (Å²) in [5.74, 6) is 0.947. The van der Waals surface area contributed by atoms with Gasteiger partial charge in [-0.05, 0) is 44.4 Å². The summed E-state index contributed by atoms with van der Waals surface area (Å²) in [6, 6.07) is 5.86. The third-order valence-electron chi connectivity index (χ3n) is 5.96. The molecule has 146 valence electrons. The first-order chi connectivity index (χ1) is 13.0. The maximum absolute atomic E-state index is 12.6. The van der Waals surface area contributed by atoms with Gasteiger partial charge in [0.2, 0.25) is 5.91 Å². The van der Waals surface area contributed by atoms with Crippen molar-refractivity contribution in [2.75, 3.05) is 38.7 Å². The van der Waals surface area contributed by atoms with E-state index in [4.69, 9.17) is 9.47 Å². The molecule has 1 spiro atoms. The summed E-state index contributed by atoms with van der Waals surface area (Å²) >= 11 is 0. The predicted octanol–water partition coefficient (Wildman–Crippen LogP) is 2.09. The van der Waals surface area contributed by atoms with Crippen molar-refractivity contribution in [1.29, 1.82) is 0 Å². The van der Waals surface area contributed by atoms with Crippen LogP contribution in [0.5, 0.6) is 0 Å². The average Bonchev–Trinajstić information content (AvgIpc) is 3.20. The molecule has 3 heterocycles. The van der Waals surface area contributed by atoms with Crippen molar-refractivity contribution < 1.29 is 14.3 Å². The van der Waals surface area contributed by atoms with Crippen molar-refractivity contribution in [2.45, 2.75) is 37.9 Å². The van der Waals surface area contributed by atoms with E-state index >= 15 is 0 Å². The Hall–Kier alpha value is -1.96. The first kappa shape index (κ1) is 18.4. The zero-order valence-electron chi connectivity index (χ0n) is 16.3. The number of anilines is 1. The van der Waals surface area contributed by atoms with Gasteiger partial charge in [-0.15, -0.1) is 0 Å². The van der Waals surface area contributed by atoms with E-state index in [9.17, 15) is 4.79 Å². The molecule has 2 aromatic rings. The number of methoxy groups -OCH3 is 1. The molecule has 0 aliphatic carbocycles. The number of ether oxygens (including phenoxy) is 2. The molecule has 1 amide bonds. The van der Waals surface area contributed by atoms with Crippen LogP contribution < -0.4 is 5.32 Å². The minimum atomic E-state index is -0.252. The number of hydrogen-bond donors (Lipinski definition) is 1. The highest BCUT2D eigenvalue weighted by molar-refractivity contribution is 5.94. The number of amides is 1. The average molecular weight is 372 g/mol. The lowest BCUT2D eigenvalue weighted by atomic mass is 9.87. The number of carbonyl (C=O) groups excluding carboxylic acids is 1. The molecule has 0 radical (unpaired) electrons. The van der Waals surface area contributed by atoms with Crippen molar-refractivity contribution in [3.8, 4) is 0 Å². The largest absolute Gasteiger partial charge is 0.378 e. The fourth-order valence-corrected chi connectivity index (χ4v) is 4.49. The molecule has 7 heteroatoms. The van der Waals surface area contributed by atoms with E-state index in [1.807, 2.05) is 36.7 Å². The summed E-state index contributed by atoms with van der Waals surface area (Å²) in [6.45, 7) is 4.71. The predicted molar refractivity (Wildman–Crippen MR) is 104 cm³/mol. The van der Waals surface area contributed by atoms with Crippen LogP contribution in [-0.4, -0.2) is 65.4 Å². The number of likely N-dealkylation sites (tertiary alicyclic amines) is 1. The van der Waals surface area contributed by atoms with Gasteiger partial charge in [0, 0.05) is 39.5 Å². The molecule has 2 saturated heterocycles. The summed E-state index contributed by atoms with van der Waals surface area (Å²) in [4.78, 5) is 19.3. The normalized spacial score (nSPS) is 26.1. The molecule has 27 heavy (non-hydrogen) atoms. The lowest BCUT2D eigenvalue weighted by Gasteiger charge is -2.44. The van der Waals surface area contributed by atoms with Crippen molar-refractivity contribution in [2.24, 2.45) is 7.05 Å². The standard InChI is InChI=1S/C20H28N4O3/c1-14-21-16-11-15(5-6-17(16)23(14)2)22-19(25)12-24-9-7-18(26-3)20(13-24)8-4-10-27-20/h5-6,11,18H,4,7-10,12-13H2,1-3H3,(H,22,25)/t18-,20-/m0/s1. The van der Waals surface area contributed by atoms with E-state index in [0.717, 1.165) is 61.5 Å². The van der Waals surface area contributed by atoms with Crippen LogP contribution in [-0.2, 0) is 21.3 Å². The topological polar surface area (TPSA) is 68.6 Å². The van der Waals surface area contributed by atoms with Gasteiger partial charge in [0.05, 0.1) is 23.7 Å². The molecule has 0 saturated carbocycles. The molecular formula is C20H28N4O3. The lowest BCUT2D eigenvalue weighted by molar-refractivity contribution is -0.146. The van der Waals surface area contributed by atoms with Gasteiger partial charge in [-0.1, -0.05) is 0 Å². The fraction of sp³-hybridized carbons (Fsp3) is 0.600. The molecule has 2 atom stereocenters. The van der Waals surface area contributed by atoms with Gasteiger partial charge in [-0.3, -0.25) is 9.69 Å². The molecule has 0 unspecified atom stereocenters. The van der Waals surface area contributed by atoms with Crippen LogP contribution >= 0.6 is 0 Å². The van der Waals surface area contributed by atoms with E-state index < -0.39 is 0 Å². The van der Waals surface area contributed by atoms with Gasteiger partial charge >= 0.3 is 0 Å². The van der Waals surface area contributed by atoms with Gasteiger partial charge in [-0.2, -0.15) is 0 Å². The molecule has 2 aliphatic heterocycles. The minimum absolute atomic E-state index is 0.00832. The minimum Gasteiger partial charge on any atom is -0.378 e. The van der Waals surface area contributed by atoms with E-state index in [2.05, 4.69) is 15.2 Å². The third kappa shape index (κ3) is 3.47. The number of rotatable bonds is 4. The number of nitrogens with one attached hydrogen (secondary N) is 1. The number of aryl methyl sites for hydroxylation is 2. The Morgan fingerprint density at radius 1 is 1.48 bits per heavy atom. The summed E-state index contributed by atoms with van der Waals surface area (Å²) in [5, 5.41) is 3.01. The van der Waals surface area contributed by atoms with Crippen LogP contribution in [0.2, 0.25) is 0 Å². The number of benzene rings is 1. The summed E-state index contributed by atoms with van der Waals surface area (Å²) in [7, 11) is 3.75. The van der Waals surface area contributed by atoms with Gasteiger partial charge in [0.25, 0.3) is 0 Å². The zero-order valence-corrected chi connectivity index (χ0v) is 16.3. The molecule has 4 rings (SSSR count). The van der Waals surface area contributed by atoms with Gasteiger partial charge in [0.15, 0.2) is 0 Å². The van der Waals surface area contributed by atoms with Gasteiger partial charge in [-0.25, -0.2) is 4.98 Å². The van der Waals surface area contributed by atoms with Crippen molar-refractivity contribution >= 4 is 22.6 Å².